The topological polar surface area (TPSA) is 69.9 Å². The number of thiophene rings is 1. The number of rotatable bonds is 4. The van der Waals surface area contributed by atoms with Gasteiger partial charge in [-0.05, 0) is 11.4 Å². The van der Waals surface area contributed by atoms with E-state index in [1.165, 1.54) is 11.3 Å². The van der Waals surface area contributed by atoms with E-state index in [1.54, 1.807) is 49.4 Å². The molecule has 0 N–H and O–H groups in total. The normalized spacial score (nSPS) is 12.7. The molecule has 2 aromatic heterocycles. The molecule has 0 aliphatic carbocycles. The number of nitrogens with zero attached hydrogens (tertiary/aromatic N) is 2. The third-order valence-corrected chi connectivity index (χ3v) is 7.11. The van der Waals surface area contributed by atoms with Crippen molar-refractivity contribution < 1.29 is 17.9 Å². The minimum atomic E-state index is -3.70. The summed E-state index contributed by atoms with van der Waals surface area (Å²) >= 11 is 2.43. The first-order valence-electron chi connectivity index (χ1n) is 6.52. The maximum atomic E-state index is 12.3. The molecule has 3 rings (SSSR count). The summed E-state index contributed by atoms with van der Waals surface area (Å²) in [6.45, 7) is 0. The van der Waals surface area contributed by atoms with Crippen LogP contribution in [0.15, 0.2) is 38.3 Å². The van der Waals surface area contributed by atoms with Gasteiger partial charge in [0.15, 0.2) is 11.5 Å². The third-order valence-electron chi connectivity index (χ3n) is 3.26. The summed E-state index contributed by atoms with van der Waals surface area (Å²) in [5, 5.41) is 1.71. The number of benzene rings is 1. The van der Waals surface area contributed by atoms with Crippen molar-refractivity contribution in [3.8, 4) is 11.5 Å². The first-order chi connectivity index (χ1) is 11.0. The summed E-state index contributed by atoms with van der Waals surface area (Å²) in [5.74, 6) is 1.18. The van der Waals surface area contributed by atoms with E-state index in [-0.39, 0.29) is 4.21 Å². The molecule has 0 saturated heterocycles. The van der Waals surface area contributed by atoms with E-state index < -0.39 is 10.0 Å². The Kier molecular flexibility index (Phi) is 4.17. The Balaban J connectivity index is 2.24. The average Bonchev–Trinajstić information content (AvgIpc) is 3.16. The molecule has 122 valence electrons. The average molecular weight is 370 g/mol. The van der Waals surface area contributed by atoms with Gasteiger partial charge in [-0.1, -0.05) is 17.4 Å². The van der Waals surface area contributed by atoms with Crippen molar-refractivity contribution in [2.45, 2.75) is 4.21 Å². The summed E-state index contributed by atoms with van der Waals surface area (Å²) in [6.07, 6.45) is 0. The Morgan fingerprint density at radius 1 is 1.17 bits per heavy atom. The van der Waals surface area contributed by atoms with Gasteiger partial charge in [-0.25, -0.2) is 0 Å². The van der Waals surface area contributed by atoms with Crippen molar-refractivity contribution >= 4 is 42.9 Å². The number of sulfonamides is 1. The predicted octanol–water partition coefficient (Wildman–Crippen LogP) is 2.61. The zero-order valence-electron chi connectivity index (χ0n) is 12.6. The van der Waals surface area contributed by atoms with Crippen molar-refractivity contribution in [3.63, 3.8) is 0 Å². The maximum Gasteiger partial charge on any atom is 0.294 e. The van der Waals surface area contributed by atoms with E-state index in [1.807, 2.05) is 6.07 Å². The zero-order chi connectivity index (χ0) is 16.6. The van der Waals surface area contributed by atoms with E-state index >= 15 is 0 Å². The molecule has 0 amide bonds. The number of hydrogen-bond donors (Lipinski definition) is 0. The Labute approximate surface area is 141 Å². The smallest absolute Gasteiger partial charge is 0.294 e. The molecule has 0 fully saturated rings. The highest BCUT2D eigenvalue weighted by Crippen LogP contribution is 2.33. The number of hydrogen-bond acceptors (Lipinski definition) is 6. The van der Waals surface area contributed by atoms with Crippen molar-refractivity contribution in [2.75, 3.05) is 14.2 Å². The molecule has 0 aliphatic rings. The minimum Gasteiger partial charge on any atom is -0.493 e. The van der Waals surface area contributed by atoms with Crippen LogP contribution in [0.5, 0.6) is 11.5 Å². The molecule has 23 heavy (non-hydrogen) atoms. The van der Waals surface area contributed by atoms with Crippen LogP contribution in [0.1, 0.15) is 0 Å². The van der Waals surface area contributed by atoms with Crippen molar-refractivity contribution in [1.82, 2.24) is 4.57 Å². The Bertz CT molecular complexity index is 1010. The molecule has 6 nitrogen and oxygen atoms in total. The molecule has 0 bridgehead atoms. The highest BCUT2D eigenvalue weighted by molar-refractivity contribution is 7.92. The van der Waals surface area contributed by atoms with Crippen LogP contribution >= 0.6 is 22.7 Å². The van der Waals surface area contributed by atoms with E-state index in [9.17, 15) is 8.42 Å². The summed E-state index contributed by atoms with van der Waals surface area (Å²) in [7, 11) is 1.19. The van der Waals surface area contributed by atoms with Gasteiger partial charge < -0.3 is 14.0 Å². The van der Waals surface area contributed by atoms with Crippen molar-refractivity contribution in [1.29, 1.82) is 0 Å². The Hall–Kier alpha value is -1.84. The van der Waals surface area contributed by atoms with Crippen LogP contribution in [0.2, 0.25) is 0 Å². The lowest BCUT2D eigenvalue weighted by Gasteiger charge is -2.07. The van der Waals surface area contributed by atoms with Gasteiger partial charge in [0.05, 0.1) is 24.4 Å². The summed E-state index contributed by atoms with van der Waals surface area (Å²) in [5.41, 5.74) is 0.827. The molecular weight excluding hydrogens is 356 g/mol. The van der Waals surface area contributed by atoms with Gasteiger partial charge in [0.25, 0.3) is 10.0 Å². The van der Waals surface area contributed by atoms with E-state index in [0.29, 0.717) is 16.3 Å². The van der Waals surface area contributed by atoms with E-state index in [4.69, 9.17) is 9.47 Å². The summed E-state index contributed by atoms with van der Waals surface area (Å²) in [4.78, 5) is 0.392. The number of thiazole rings is 1. The lowest BCUT2D eigenvalue weighted by Crippen LogP contribution is -2.13. The maximum absolute atomic E-state index is 12.3. The van der Waals surface area contributed by atoms with Gasteiger partial charge in [0, 0.05) is 19.2 Å². The fourth-order valence-electron chi connectivity index (χ4n) is 2.10. The number of aryl methyl sites for hydroxylation is 1. The van der Waals surface area contributed by atoms with Crippen LogP contribution in [0.4, 0.5) is 0 Å². The van der Waals surface area contributed by atoms with Crippen LogP contribution in [0.3, 0.4) is 0 Å². The fourth-order valence-corrected chi connectivity index (χ4v) is 5.32. The number of fused-ring (bicyclic) bond motifs is 1. The van der Waals surface area contributed by atoms with Crippen LogP contribution in [0, 0.1) is 0 Å². The molecule has 0 atom stereocenters. The quantitative estimate of drug-likeness (QED) is 0.708. The number of methoxy groups -OCH3 is 2. The number of aromatic nitrogens is 1. The van der Waals surface area contributed by atoms with Gasteiger partial charge in [0.1, 0.15) is 4.21 Å². The Morgan fingerprint density at radius 3 is 2.48 bits per heavy atom. The molecule has 9 heteroatoms. The van der Waals surface area contributed by atoms with Crippen LogP contribution in [0.25, 0.3) is 10.2 Å². The third kappa shape index (κ3) is 2.87. The first-order valence-corrected chi connectivity index (χ1v) is 9.66. The van der Waals surface area contributed by atoms with Gasteiger partial charge in [-0.15, -0.1) is 15.7 Å². The molecule has 0 spiro atoms. The molecule has 0 radical (unpaired) electrons. The molecule has 0 aliphatic heterocycles. The lowest BCUT2D eigenvalue weighted by atomic mass is 10.3. The molecule has 1 aromatic carbocycles. The second-order valence-corrected chi connectivity index (χ2v) is 8.40. The monoisotopic (exact) mass is 370 g/mol. The van der Waals surface area contributed by atoms with Crippen molar-refractivity contribution in [2.24, 2.45) is 11.4 Å². The summed E-state index contributed by atoms with van der Waals surface area (Å²) in [6, 6.07) is 6.85. The van der Waals surface area contributed by atoms with E-state index in [0.717, 1.165) is 21.6 Å². The SMILES string of the molecule is COc1cc2sc(=NS(=O)(=O)c3cccs3)n(C)c2cc1OC. The largest absolute Gasteiger partial charge is 0.493 e. The molecular formula is C14H14N2O4S3. The zero-order valence-corrected chi connectivity index (χ0v) is 15.1. The molecule has 0 unspecified atom stereocenters. The van der Waals surface area contributed by atoms with Crippen molar-refractivity contribution in [3.05, 3.63) is 34.4 Å². The van der Waals surface area contributed by atoms with E-state index in [2.05, 4.69) is 4.40 Å². The predicted molar refractivity (Wildman–Crippen MR) is 91.0 cm³/mol. The van der Waals surface area contributed by atoms with Gasteiger partial charge in [-0.2, -0.15) is 8.42 Å². The van der Waals surface area contributed by atoms with Gasteiger partial charge >= 0.3 is 0 Å². The second kappa shape index (κ2) is 5.99. The van der Waals surface area contributed by atoms with Gasteiger partial charge in [0.2, 0.25) is 4.80 Å². The van der Waals surface area contributed by atoms with Crippen LogP contribution in [-0.4, -0.2) is 27.2 Å². The summed E-state index contributed by atoms with van der Waals surface area (Å²) < 4.78 is 42.0. The standard InChI is InChI=1S/C14H14N2O4S3/c1-16-9-7-10(19-2)11(20-3)8-12(9)22-14(16)15-23(17,18)13-5-4-6-21-13/h4-8H,1-3H3. The highest BCUT2D eigenvalue weighted by atomic mass is 32.2. The van der Waals surface area contributed by atoms with Crippen LogP contribution < -0.4 is 14.3 Å². The first kappa shape index (κ1) is 16.0. The highest BCUT2D eigenvalue weighted by Gasteiger charge is 2.16. The van der Waals surface area contributed by atoms with Gasteiger partial charge in [-0.3, -0.25) is 0 Å². The minimum absolute atomic E-state index is 0.227. The fraction of sp³-hybridized carbons (Fsp3) is 0.214. The molecule has 2 heterocycles. The lowest BCUT2D eigenvalue weighted by molar-refractivity contribution is 0.356. The van der Waals surface area contributed by atoms with Crippen LogP contribution in [-0.2, 0) is 17.1 Å². The number of ether oxygens (including phenoxy) is 2. The second-order valence-electron chi connectivity index (χ2n) is 4.62. The molecule has 0 saturated carbocycles. The molecule has 3 aromatic rings. The Morgan fingerprint density at radius 2 is 1.87 bits per heavy atom.